The van der Waals surface area contributed by atoms with E-state index in [2.05, 4.69) is 21.2 Å². The molecule has 1 fully saturated rings. The van der Waals surface area contributed by atoms with E-state index in [1.807, 2.05) is 18.2 Å². The summed E-state index contributed by atoms with van der Waals surface area (Å²) in [5, 5.41) is 2.36. The van der Waals surface area contributed by atoms with E-state index in [4.69, 9.17) is 4.74 Å². The van der Waals surface area contributed by atoms with Gasteiger partial charge in [0.05, 0.1) is 12.0 Å². The molecule has 0 aliphatic carbocycles. The van der Waals surface area contributed by atoms with E-state index in [-0.39, 0.29) is 24.1 Å². The van der Waals surface area contributed by atoms with Crippen molar-refractivity contribution in [1.82, 2.24) is 4.90 Å². The number of anilines is 1. The maximum atomic E-state index is 12.5. The lowest BCUT2D eigenvalue weighted by molar-refractivity contribution is -0.123. The van der Waals surface area contributed by atoms with Crippen LogP contribution in [-0.4, -0.2) is 35.6 Å². The molecule has 8 heteroatoms. The average Bonchev–Trinajstić information content (AvgIpc) is 2.95. The van der Waals surface area contributed by atoms with Gasteiger partial charge in [-0.15, -0.1) is 0 Å². The quantitative estimate of drug-likeness (QED) is 0.641. The second-order valence-electron chi connectivity index (χ2n) is 5.92. The van der Waals surface area contributed by atoms with Crippen molar-refractivity contribution in [2.75, 3.05) is 19.0 Å². The third-order valence-electron chi connectivity index (χ3n) is 3.96. The molecule has 0 radical (unpaired) electrons. The van der Waals surface area contributed by atoms with Crippen LogP contribution in [-0.2, 0) is 9.59 Å². The van der Waals surface area contributed by atoms with Crippen LogP contribution in [0.15, 0.2) is 57.9 Å². The number of halogens is 1. The smallest absolute Gasteiger partial charge is 0.293 e. The molecule has 1 saturated heterocycles. The van der Waals surface area contributed by atoms with Crippen LogP contribution in [0.25, 0.3) is 6.08 Å². The molecule has 144 valence electrons. The summed E-state index contributed by atoms with van der Waals surface area (Å²) in [5.74, 6) is 0.00463. The summed E-state index contributed by atoms with van der Waals surface area (Å²) in [5.41, 5.74) is 1.41. The van der Waals surface area contributed by atoms with Crippen molar-refractivity contribution in [2.45, 2.75) is 6.42 Å². The molecule has 6 nitrogen and oxygen atoms in total. The predicted octanol–water partition coefficient (Wildman–Crippen LogP) is 4.52. The van der Waals surface area contributed by atoms with Gasteiger partial charge in [0.15, 0.2) is 0 Å². The molecule has 1 N–H and O–H groups in total. The highest BCUT2D eigenvalue weighted by atomic mass is 79.9. The molecule has 2 aromatic rings. The van der Waals surface area contributed by atoms with E-state index < -0.39 is 5.91 Å². The van der Waals surface area contributed by atoms with E-state index in [0.29, 0.717) is 16.3 Å². The minimum absolute atomic E-state index is 0.0283. The molecule has 0 bridgehead atoms. The van der Waals surface area contributed by atoms with Crippen LogP contribution in [0, 0.1) is 0 Å². The van der Waals surface area contributed by atoms with E-state index in [1.54, 1.807) is 43.5 Å². The maximum Gasteiger partial charge on any atom is 0.293 e. The summed E-state index contributed by atoms with van der Waals surface area (Å²) in [6.07, 6.45) is 1.68. The van der Waals surface area contributed by atoms with E-state index in [0.717, 1.165) is 26.7 Å². The van der Waals surface area contributed by atoms with Gasteiger partial charge in [-0.1, -0.05) is 28.1 Å². The normalized spacial score (nSPS) is 15.2. The Kier molecular flexibility index (Phi) is 6.53. The first-order chi connectivity index (χ1) is 13.5. The lowest BCUT2D eigenvalue weighted by atomic mass is 10.2. The number of hydrogen-bond acceptors (Lipinski definition) is 5. The molecule has 2 aromatic carbocycles. The van der Waals surface area contributed by atoms with Crippen molar-refractivity contribution in [3.8, 4) is 5.75 Å². The highest BCUT2D eigenvalue weighted by Gasteiger charge is 2.35. The van der Waals surface area contributed by atoms with Crippen LogP contribution in [0.5, 0.6) is 5.75 Å². The number of methoxy groups -OCH3 is 1. The molecule has 1 heterocycles. The monoisotopic (exact) mass is 460 g/mol. The van der Waals surface area contributed by atoms with Gasteiger partial charge in [0.25, 0.3) is 11.1 Å². The second kappa shape index (κ2) is 9.07. The first-order valence-corrected chi connectivity index (χ1v) is 10.0. The highest BCUT2D eigenvalue weighted by molar-refractivity contribution is 9.10. The number of carbonyl (C=O) groups is 3. The fourth-order valence-electron chi connectivity index (χ4n) is 2.55. The molecule has 28 heavy (non-hydrogen) atoms. The van der Waals surface area contributed by atoms with Gasteiger partial charge in [-0.05, 0) is 59.8 Å². The van der Waals surface area contributed by atoms with Gasteiger partial charge in [0, 0.05) is 23.1 Å². The fraction of sp³-hybridized carbons (Fsp3) is 0.150. The van der Waals surface area contributed by atoms with Crippen LogP contribution >= 0.6 is 27.7 Å². The molecule has 0 aromatic heterocycles. The minimum Gasteiger partial charge on any atom is -0.497 e. The number of rotatable bonds is 6. The van der Waals surface area contributed by atoms with Crippen molar-refractivity contribution < 1.29 is 19.1 Å². The Labute approximate surface area is 175 Å². The Morgan fingerprint density at radius 2 is 1.96 bits per heavy atom. The lowest BCUT2D eigenvalue weighted by Crippen LogP contribution is -2.31. The predicted molar refractivity (Wildman–Crippen MR) is 113 cm³/mol. The Morgan fingerprint density at radius 3 is 2.68 bits per heavy atom. The Hall–Kier alpha value is -2.58. The molecular weight excluding hydrogens is 444 g/mol. The first-order valence-electron chi connectivity index (χ1n) is 8.41. The van der Waals surface area contributed by atoms with Gasteiger partial charge >= 0.3 is 0 Å². The van der Waals surface area contributed by atoms with Gasteiger partial charge in [-0.3, -0.25) is 19.3 Å². The Morgan fingerprint density at radius 1 is 1.21 bits per heavy atom. The van der Waals surface area contributed by atoms with E-state index >= 15 is 0 Å². The SMILES string of the molecule is COc1cccc(/C=C2\SC(=O)N(CCC(=O)Nc3ccc(Br)cc3)C2=O)c1. The van der Waals surface area contributed by atoms with Gasteiger partial charge in [0.1, 0.15) is 5.75 Å². The van der Waals surface area contributed by atoms with Crippen molar-refractivity contribution in [2.24, 2.45) is 0 Å². The van der Waals surface area contributed by atoms with Crippen LogP contribution < -0.4 is 10.1 Å². The van der Waals surface area contributed by atoms with Crippen molar-refractivity contribution >= 4 is 56.5 Å². The van der Waals surface area contributed by atoms with Gasteiger partial charge in [-0.25, -0.2) is 0 Å². The fourth-order valence-corrected chi connectivity index (χ4v) is 3.67. The number of carbonyl (C=O) groups excluding carboxylic acids is 3. The van der Waals surface area contributed by atoms with Crippen LogP contribution in [0.1, 0.15) is 12.0 Å². The topological polar surface area (TPSA) is 75.7 Å². The number of nitrogens with one attached hydrogen (secondary N) is 1. The van der Waals surface area contributed by atoms with Crippen molar-refractivity contribution in [1.29, 1.82) is 0 Å². The first kappa shape index (κ1) is 20.2. The van der Waals surface area contributed by atoms with E-state index in [9.17, 15) is 14.4 Å². The van der Waals surface area contributed by atoms with Crippen molar-refractivity contribution in [3.05, 3.63) is 63.5 Å². The van der Waals surface area contributed by atoms with Crippen LogP contribution in [0.3, 0.4) is 0 Å². The molecular formula is C20H17BrN2O4S. The number of nitrogens with zero attached hydrogens (tertiary/aromatic N) is 1. The number of imide groups is 1. The van der Waals surface area contributed by atoms with Gasteiger partial charge < -0.3 is 10.1 Å². The summed E-state index contributed by atoms with van der Waals surface area (Å²) in [6.45, 7) is 0.0302. The summed E-state index contributed by atoms with van der Waals surface area (Å²) >= 11 is 4.20. The average molecular weight is 461 g/mol. The van der Waals surface area contributed by atoms with E-state index in [1.165, 1.54) is 0 Å². The largest absolute Gasteiger partial charge is 0.497 e. The number of hydrogen-bond donors (Lipinski definition) is 1. The van der Waals surface area contributed by atoms with Crippen LogP contribution in [0.4, 0.5) is 10.5 Å². The minimum atomic E-state index is -0.394. The molecule has 0 saturated carbocycles. The zero-order valence-corrected chi connectivity index (χ0v) is 17.4. The molecule has 0 unspecified atom stereocenters. The summed E-state index contributed by atoms with van der Waals surface area (Å²) in [7, 11) is 1.56. The number of benzene rings is 2. The Balaban J connectivity index is 1.61. The summed E-state index contributed by atoms with van der Waals surface area (Å²) in [4.78, 5) is 38.2. The third-order valence-corrected chi connectivity index (χ3v) is 5.39. The zero-order valence-electron chi connectivity index (χ0n) is 15.0. The molecule has 0 spiro atoms. The Bertz CT molecular complexity index is 943. The molecule has 0 atom stereocenters. The molecule has 3 rings (SSSR count). The third kappa shape index (κ3) is 5.02. The molecule has 1 aliphatic rings. The molecule has 3 amide bonds. The van der Waals surface area contributed by atoms with Gasteiger partial charge in [-0.2, -0.15) is 0 Å². The van der Waals surface area contributed by atoms with Gasteiger partial charge in [0.2, 0.25) is 5.91 Å². The number of amides is 3. The maximum absolute atomic E-state index is 12.5. The summed E-state index contributed by atoms with van der Waals surface area (Å²) < 4.78 is 6.07. The lowest BCUT2D eigenvalue weighted by Gasteiger charge is -2.12. The highest BCUT2D eigenvalue weighted by Crippen LogP contribution is 2.32. The standard InChI is InChI=1S/C20H17BrN2O4S/c1-27-16-4-2-3-13(11-16)12-17-19(25)23(20(26)28-17)10-9-18(24)22-15-7-5-14(21)6-8-15/h2-8,11-12H,9-10H2,1H3,(H,22,24)/b17-12-. The number of ether oxygens (including phenoxy) is 1. The zero-order chi connectivity index (χ0) is 20.1. The second-order valence-corrected chi connectivity index (χ2v) is 7.82. The van der Waals surface area contributed by atoms with Crippen LogP contribution in [0.2, 0.25) is 0 Å². The van der Waals surface area contributed by atoms with Crippen molar-refractivity contribution in [3.63, 3.8) is 0 Å². The molecule has 1 aliphatic heterocycles. The number of thioether (sulfide) groups is 1. The summed E-state index contributed by atoms with van der Waals surface area (Å²) in [6, 6.07) is 14.4.